The van der Waals surface area contributed by atoms with Crippen LogP contribution in [0.3, 0.4) is 0 Å². The molecule has 0 spiro atoms. The van der Waals surface area contributed by atoms with Crippen LogP contribution in [0.25, 0.3) is 0 Å². The summed E-state index contributed by atoms with van der Waals surface area (Å²) in [5.74, 6) is -0.205. The van der Waals surface area contributed by atoms with Gasteiger partial charge in [-0.2, -0.15) is 0 Å². The molecule has 3 amide bonds. The molecule has 0 unspecified atom stereocenters. The maximum Gasteiger partial charge on any atom is 0.315 e. The molecule has 6 nitrogen and oxygen atoms in total. The first-order valence-corrected chi connectivity index (χ1v) is 10.1. The number of hydrogen-bond acceptors (Lipinski definition) is 3. The van der Waals surface area contributed by atoms with Crippen molar-refractivity contribution in [2.75, 3.05) is 25.5 Å². The van der Waals surface area contributed by atoms with Gasteiger partial charge in [-0.15, -0.1) is 0 Å². The van der Waals surface area contributed by atoms with Crippen molar-refractivity contribution < 1.29 is 9.59 Å². The van der Waals surface area contributed by atoms with Crippen LogP contribution in [0.5, 0.6) is 0 Å². The van der Waals surface area contributed by atoms with Crippen LogP contribution >= 0.6 is 11.6 Å². The van der Waals surface area contributed by atoms with Gasteiger partial charge in [0.25, 0.3) is 0 Å². The summed E-state index contributed by atoms with van der Waals surface area (Å²) in [7, 11) is 2.07. The molecule has 0 saturated carbocycles. The number of urea groups is 1. The number of carbonyl (C=O) groups excluding carboxylic acids is 2. The van der Waals surface area contributed by atoms with E-state index in [1.54, 1.807) is 12.1 Å². The molecule has 29 heavy (non-hydrogen) atoms. The fourth-order valence-electron chi connectivity index (χ4n) is 2.73. The molecule has 3 N–H and O–H groups in total. The van der Waals surface area contributed by atoms with Gasteiger partial charge in [-0.05, 0) is 49.3 Å². The molecule has 0 atom stereocenters. The third-order valence-corrected chi connectivity index (χ3v) is 4.79. The SMILES string of the molecule is CCN(C)Cc1cccc(CNC(=O)NCCC(=O)Nc2ccc(C)cc2Cl)c1. The Morgan fingerprint density at radius 3 is 2.55 bits per heavy atom. The van der Waals surface area contributed by atoms with Gasteiger partial charge >= 0.3 is 6.03 Å². The van der Waals surface area contributed by atoms with E-state index < -0.39 is 0 Å². The fourth-order valence-corrected chi connectivity index (χ4v) is 3.01. The first-order valence-electron chi connectivity index (χ1n) is 9.71. The number of nitrogens with zero attached hydrogens (tertiary/aromatic N) is 1. The van der Waals surface area contributed by atoms with Crippen LogP contribution < -0.4 is 16.0 Å². The fraction of sp³-hybridized carbons (Fsp3) is 0.364. The lowest BCUT2D eigenvalue weighted by Crippen LogP contribution is -2.36. The van der Waals surface area contributed by atoms with E-state index in [0.717, 1.165) is 24.2 Å². The number of nitrogens with one attached hydrogen (secondary N) is 3. The molecule has 0 aliphatic carbocycles. The van der Waals surface area contributed by atoms with Crippen LogP contribution in [-0.4, -0.2) is 37.0 Å². The molecule has 0 aromatic heterocycles. The quantitative estimate of drug-likeness (QED) is 0.579. The Bertz CT molecular complexity index is 841. The summed E-state index contributed by atoms with van der Waals surface area (Å²) in [6.07, 6.45) is 0.163. The predicted molar refractivity (Wildman–Crippen MR) is 118 cm³/mol. The topological polar surface area (TPSA) is 73.5 Å². The normalized spacial score (nSPS) is 10.7. The lowest BCUT2D eigenvalue weighted by Gasteiger charge is -2.14. The summed E-state index contributed by atoms with van der Waals surface area (Å²) in [6, 6.07) is 13.3. The number of anilines is 1. The number of amides is 3. The molecule has 0 saturated heterocycles. The van der Waals surface area contributed by atoms with Crippen LogP contribution in [0.15, 0.2) is 42.5 Å². The minimum absolute atomic E-state index is 0.163. The third kappa shape index (κ3) is 8.13. The van der Waals surface area contributed by atoms with E-state index in [0.29, 0.717) is 17.3 Å². The van der Waals surface area contributed by atoms with Gasteiger partial charge in [-0.3, -0.25) is 4.79 Å². The van der Waals surface area contributed by atoms with E-state index in [4.69, 9.17) is 11.6 Å². The molecular weight excluding hydrogens is 388 g/mol. The van der Waals surface area contributed by atoms with Gasteiger partial charge in [0.05, 0.1) is 10.7 Å². The summed E-state index contributed by atoms with van der Waals surface area (Å²) in [4.78, 5) is 26.2. The van der Waals surface area contributed by atoms with Crippen molar-refractivity contribution >= 4 is 29.2 Å². The zero-order valence-electron chi connectivity index (χ0n) is 17.2. The lowest BCUT2D eigenvalue weighted by atomic mass is 10.1. The van der Waals surface area contributed by atoms with Crippen LogP contribution in [-0.2, 0) is 17.9 Å². The van der Waals surface area contributed by atoms with Gasteiger partial charge in [-0.25, -0.2) is 4.79 Å². The highest BCUT2D eigenvalue weighted by atomic mass is 35.5. The third-order valence-electron chi connectivity index (χ3n) is 4.47. The minimum Gasteiger partial charge on any atom is -0.338 e. The van der Waals surface area contributed by atoms with E-state index >= 15 is 0 Å². The lowest BCUT2D eigenvalue weighted by molar-refractivity contribution is -0.116. The number of rotatable bonds is 9. The summed E-state index contributed by atoms with van der Waals surface area (Å²) in [5.41, 5.74) is 3.84. The average Bonchev–Trinajstić information content (AvgIpc) is 2.69. The van der Waals surface area contributed by atoms with Gasteiger partial charge in [0.1, 0.15) is 0 Å². The molecule has 2 aromatic rings. The minimum atomic E-state index is -0.303. The Balaban J connectivity index is 1.70. The van der Waals surface area contributed by atoms with Crippen LogP contribution in [0.2, 0.25) is 5.02 Å². The van der Waals surface area contributed by atoms with Crippen LogP contribution in [0.4, 0.5) is 10.5 Å². The Morgan fingerprint density at radius 2 is 1.83 bits per heavy atom. The smallest absolute Gasteiger partial charge is 0.315 e. The van der Waals surface area contributed by atoms with Gasteiger partial charge in [0.2, 0.25) is 5.91 Å². The van der Waals surface area contributed by atoms with Crippen molar-refractivity contribution in [1.29, 1.82) is 0 Å². The summed E-state index contributed by atoms with van der Waals surface area (Å²) < 4.78 is 0. The molecule has 0 aliphatic heterocycles. The van der Waals surface area contributed by atoms with Crippen molar-refractivity contribution in [1.82, 2.24) is 15.5 Å². The molecule has 0 aliphatic rings. The monoisotopic (exact) mass is 416 g/mol. The first-order chi connectivity index (χ1) is 13.9. The van der Waals surface area contributed by atoms with E-state index in [-0.39, 0.29) is 24.9 Å². The Morgan fingerprint density at radius 1 is 1.07 bits per heavy atom. The standard InChI is InChI=1S/C22H29ClN4O2/c1-4-27(3)15-18-7-5-6-17(13-18)14-25-22(29)24-11-10-21(28)26-20-9-8-16(2)12-19(20)23/h5-9,12-13H,4,10-11,14-15H2,1-3H3,(H,26,28)(H2,24,25,29). The highest BCUT2D eigenvalue weighted by Crippen LogP contribution is 2.22. The number of benzene rings is 2. The molecule has 0 radical (unpaired) electrons. The second-order valence-corrected chi connectivity index (χ2v) is 7.45. The molecule has 0 bridgehead atoms. The number of aryl methyl sites for hydroxylation is 1. The van der Waals surface area contributed by atoms with Gasteiger partial charge in [0.15, 0.2) is 0 Å². The zero-order valence-corrected chi connectivity index (χ0v) is 18.0. The number of hydrogen-bond donors (Lipinski definition) is 3. The van der Waals surface area contributed by atoms with E-state index in [1.165, 1.54) is 5.56 Å². The van der Waals surface area contributed by atoms with Crippen molar-refractivity contribution in [2.24, 2.45) is 0 Å². The largest absolute Gasteiger partial charge is 0.338 e. The molecule has 2 rings (SSSR count). The second-order valence-electron chi connectivity index (χ2n) is 7.04. The molecule has 2 aromatic carbocycles. The van der Waals surface area contributed by atoms with Crippen LogP contribution in [0, 0.1) is 6.92 Å². The Kier molecular flexibility index (Phi) is 8.96. The maximum atomic E-state index is 12.0. The van der Waals surface area contributed by atoms with E-state index in [9.17, 15) is 9.59 Å². The number of carbonyl (C=O) groups is 2. The van der Waals surface area contributed by atoms with Crippen molar-refractivity contribution in [2.45, 2.75) is 33.4 Å². The van der Waals surface area contributed by atoms with E-state index in [1.807, 2.05) is 25.1 Å². The van der Waals surface area contributed by atoms with Gasteiger partial charge in [-0.1, -0.05) is 48.9 Å². The molecule has 0 heterocycles. The van der Waals surface area contributed by atoms with E-state index in [2.05, 4.69) is 47.0 Å². The number of halogens is 1. The molecule has 0 fully saturated rings. The van der Waals surface area contributed by atoms with Crippen molar-refractivity contribution in [3.05, 3.63) is 64.2 Å². The summed E-state index contributed by atoms with van der Waals surface area (Å²) >= 11 is 6.11. The van der Waals surface area contributed by atoms with Crippen molar-refractivity contribution in [3.63, 3.8) is 0 Å². The molecule has 156 valence electrons. The first kappa shape index (κ1) is 22.7. The van der Waals surface area contributed by atoms with Crippen LogP contribution in [0.1, 0.15) is 30.0 Å². The second kappa shape index (κ2) is 11.4. The van der Waals surface area contributed by atoms with Gasteiger partial charge in [0, 0.05) is 26.1 Å². The average molecular weight is 417 g/mol. The summed E-state index contributed by atoms with van der Waals surface area (Å²) in [6.45, 7) is 6.57. The highest BCUT2D eigenvalue weighted by molar-refractivity contribution is 6.33. The Hall–Kier alpha value is -2.57. The molecular formula is C22H29ClN4O2. The zero-order chi connectivity index (χ0) is 21.2. The molecule has 7 heteroatoms. The highest BCUT2D eigenvalue weighted by Gasteiger charge is 2.07. The maximum absolute atomic E-state index is 12.0. The summed E-state index contributed by atoms with van der Waals surface area (Å²) in [5, 5.41) is 8.76. The Labute approximate surface area is 177 Å². The predicted octanol–water partition coefficient (Wildman–Crippen LogP) is 3.93. The van der Waals surface area contributed by atoms with Crippen molar-refractivity contribution in [3.8, 4) is 0 Å². The van der Waals surface area contributed by atoms with Gasteiger partial charge < -0.3 is 20.9 Å².